The molecule has 0 saturated heterocycles. The summed E-state index contributed by atoms with van der Waals surface area (Å²) in [5.41, 5.74) is 2.41. The maximum Gasteiger partial charge on any atom is 0.119 e. The molecule has 0 atom stereocenters. The summed E-state index contributed by atoms with van der Waals surface area (Å²) in [6.45, 7) is 7.20. The van der Waals surface area contributed by atoms with E-state index >= 15 is 0 Å². The predicted octanol–water partition coefficient (Wildman–Crippen LogP) is 3.50. The molecule has 0 fully saturated rings. The van der Waals surface area contributed by atoms with Crippen LogP contribution in [0.3, 0.4) is 0 Å². The Balaban J connectivity index is 2.04. The van der Waals surface area contributed by atoms with Crippen molar-refractivity contribution in [2.75, 3.05) is 6.61 Å². The number of aromatic nitrogens is 2. The molecule has 17 heavy (non-hydrogen) atoms. The molecule has 3 nitrogen and oxygen atoms in total. The van der Waals surface area contributed by atoms with Gasteiger partial charge in [-0.15, -0.1) is 0 Å². The molecule has 0 bridgehead atoms. The smallest absolute Gasteiger partial charge is 0.119 e. The molecule has 2 aromatic rings. The van der Waals surface area contributed by atoms with Gasteiger partial charge in [0.05, 0.1) is 12.8 Å². The standard InChI is InChI=1S/C14H18N2O/c1-14(2,3)10-17-13-6-4-11(5-7-13)12-8-15-16-9-12/h4-9H,10H2,1-3H3,(H,15,16). The van der Waals surface area contributed by atoms with E-state index in [2.05, 4.69) is 31.0 Å². The van der Waals surface area contributed by atoms with Gasteiger partial charge in [0.2, 0.25) is 0 Å². The lowest BCUT2D eigenvalue weighted by Gasteiger charge is -2.18. The molecular formula is C14H18N2O. The van der Waals surface area contributed by atoms with Crippen molar-refractivity contribution in [1.82, 2.24) is 10.2 Å². The molecule has 1 aromatic heterocycles. The lowest BCUT2D eigenvalue weighted by molar-refractivity contribution is 0.198. The Morgan fingerprint density at radius 1 is 1.12 bits per heavy atom. The average Bonchev–Trinajstić information content (AvgIpc) is 2.79. The van der Waals surface area contributed by atoms with Crippen LogP contribution in [-0.2, 0) is 0 Å². The van der Waals surface area contributed by atoms with E-state index in [1.807, 2.05) is 36.7 Å². The van der Waals surface area contributed by atoms with Gasteiger partial charge < -0.3 is 4.74 Å². The van der Waals surface area contributed by atoms with Gasteiger partial charge in [-0.3, -0.25) is 5.10 Å². The molecule has 0 spiro atoms. The summed E-state index contributed by atoms with van der Waals surface area (Å²) in [5.74, 6) is 0.909. The largest absolute Gasteiger partial charge is 0.493 e. The van der Waals surface area contributed by atoms with Gasteiger partial charge in [0.15, 0.2) is 0 Å². The average molecular weight is 230 g/mol. The van der Waals surface area contributed by atoms with E-state index < -0.39 is 0 Å². The second-order valence-electron chi connectivity index (χ2n) is 5.36. The summed E-state index contributed by atoms with van der Waals surface area (Å²) in [5, 5.41) is 6.74. The third-order valence-corrected chi connectivity index (χ3v) is 2.36. The van der Waals surface area contributed by atoms with Crippen LogP contribution >= 0.6 is 0 Å². The van der Waals surface area contributed by atoms with Gasteiger partial charge in [-0.1, -0.05) is 32.9 Å². The van der Waals surface area contributed by atoms with Gasteiger partial charge in [0.25, 0.3) is 0 Å². The number of hydrogen-bond acceptors (Lipinski definition) is 2. The fraction of sp³-hybridized carbons (Fsp3) is 0.357. The van der Waals surface area contributed by atoms with Crippen molar-refractivity contribution in [2.24, 2.45) is 5.41 Å². The highest BCUT2D eigenvalue weighted by atomic mass is 16.5. The number of H-pyrrole nitrogens is 1. The molecular weight excluding hydrogens is 212 g/mol. The van der Waals surface area contributed by atoms with Crippen LogP contribution in [0.5, 0.6) is 5.75 Å². The normalized spacial score (nSPS) is 11.5. The number of aromatic amines is 1. The first-order chi connectivity index (χ1) is 8.04. The second kappa shape index (κ2) is 4.62. The topological polar surface area (TPSA) is 37.9 Å². The Kier molecular flexibility index (Phi) is 3.18. The molecule has 0 aliphatic rings. The van der Waals surface area contributed by atoms with E-state index in [0.717, 1.165) is 23.5 Å². The number of nitrogens with one attached hydrogen (secondary N) is 1. The monoisotopic (exact) mass is 230 g/mol. The highest BCUT2D eigenvalue weighted by molar-refractivity contribution is 5.62. The predicted molar refractivity (Wildman–Crippen MR) is 69.0 cm³/mol. The van der Waals surface area contributed by atoms with Crippen molar-refractivity contribution < 1.29 is 4.74 Å². The van der Waals surface area contributed by atoms with Crippen molar-refractivity contribution in [2.45, 2.75) is 20.8 Å². The van der Waals surface area contributed by atoms with Gasteiger partial charge in [0.1, 0.15) is 5.75 Å². The van der Waals surface area contributed by atoms with Crippen LogP contribution in [0.25, 0.3) is 11.1 Å². The first-order valence-corrected chi connectivity index (χ1v) is 5.77. The molecule has 1 aromatic carbocycles. The number of nitrogens with zero attached hydrogens (tertiary/aromatic N) is 1. The Morgan fingerprint density at radius 2 is 1.82 bits per heavy atom. The van der Waals surface area contributed by atoms with Crippen LogP contribution in [0.4, 0.5) is 0 Å². The van der Waals surface area contributed by atoms with Crippen molar-refractivity contribution in [3.05, 3.63) is 36.7 Å². The number of ether oxygens (including phenoxy) is 1. The van der Waals surface area contributed by atoms with Gasteiger partial charge in [0, 0.05) is 11.8 Å². The Bertz CT molecular complexity index is 452. The van der Waals surface area contributed by atoms with Crippen molar-refractivity contribution in [3.63, 3.8) is 0 Å². The molecule has 0 aliphatic carbocycles. The maximum atomic E-state index is 5.72. The highest BCUT2D eigenvalue weighted by Gasteiger charge is 2.10. The summed E-state index contributed by atoms with van der Waals surface area (Å²) in [4.78, 5) is 0. The lowest BCUT2D eigenvalue weighted by atomic mass is 9.99. The van der Waals surface area contributed by atoms with Gasteiger partial charge >= 0.3 is 0 Å². The quantitative estimate of drug-likeness (QED) is 0.876. The van der Waals surface area contributed by atoms with Crippen LogP contribution in [-0.4, -0.2) is 16.8 Å². The summed E-state index contributed by atoms with van der Waals surface area (Å²) >= 11 is 0. The minimum Gasteiger partial charge on any atom is -0.493 e. The summed E-state index contributed by atoms with van der Waals surface area (Å²) in [6.07, 6.45) is 3.69. The van der Waals surface area contributed by atoms with Crippen LogP contribution in [0.1, 0.15) is 20.8 Å². The van der Waals surface area contributed by atoms with Crippen LogP contribution in [0.15, 0.2) is 36.7 Å². The van der Waals surface area contributed by atoms with Crippen LogP contribution in [0.2, 0.25) is 0 Å². The third kappa shape index (κ3) is 3.34. The Labute approximate surface area is 102 Å². The second-order valence-corrected chi connectivity index (χ2v) is 5.36. The zero-order valence-electron chi connectivity index (χ0n) is 10.5. The molecule has 0 saturated carbocycles. The van der Waals surface area contributed by atoms with E-state index in [-0.39, 0.29) is 5.41 Å². The minimum atomic E-state index is 0.184. The summed E-state index contributed by atoms with van der Waals surface area (Å²) < 4.78 is 5.72. The number of rotatable bonds is 3. The van der Waals surface area contributed by atoms with Gasteiger partial charge in [-0.25, -0.2) is 0 Å². The molecule has 0 unspecified atom stereocenters. The summed E-state index contributed by atoms with van der Waals surface area (Å²) in [6, 6.07) is 8.08. The Morgan fingerprint density at radius 3 is 2.35 bits per heavy atom. The minimum absolute atomic E-state index is 0.184. The molecule has 0 radical (unpaired) electrons. The number of benzene rings is 1. The Hall–Kier alpha value is -1.77. The first-order valence-electron chi connectivity index (χ1n) is 5.77. The molecule has 1 N–H and O–H groups in total. The van der Waals surface area contributed by atoms with E-state index in [0.29, 0.717) is 0 Å². The molecule has 0 aliphatic heterocycles. The molecule has 3 heteroatoms. The SMILES string of the molecule is CC(C)(C)COc1ccc(-c2cn[nH]c2)cc1. The summed E-state index contributed by atoms with van der Waals surface area (Å²) in [7, 11) is 0. The third-order valence-electron chi connectivity index (χ3n) is 2.36. The van der Waals surface area contributed by atoms with Crippen molar-refractivity contribution >= 4 is 0 Å². The zero-order chi connectivity index (χ0) is 12.3. The molecule has 2 rings (SSSR count). The van der Waals surface area contributed by atoms with Gasteiger partial charge in [-0.2, -0.15) is 5.10 Å². The highest BCUT2D eigenvalue weighted by Crippen LogP contribution is 2.22. The zero-order valence-corrected chi connectivity index (χ0v) is 10.5. The van der Waals surface area contributed by atoms with E-state index in [1.165, 1.54) is 0 Å². The number of hydrogen-bond donors (Lipinski definition) is 1. The van der Waals surface area contributed by atoms with Crippen LogP contribution in [0, 0.1) is 5.41 Å². The lowest BCUT2D eigenvalue weighted by Crippen LogP contribution is -2.16. The van der Waals surface area contributed by atoms with E-state index in [9.17, 15) is 0 Å². The van der Waals surface area contributed by atoms with Crippen LogP contribution < -0.4 is 4.74 Å². The van der Waals surface area contributed by atoms with Crippen molar-refractivity contribution in [1.29, 1.82) is 0 Å². The molecule has 1 heterocycles. The fourth-order valence-electron chi connectivity index (χ4n) is 1.45. The van der Waals surface area contributed by atoms with E-state index in [4.69, 9.17) is 4.74 Å². The van der Waals surface area contributed by atoms with Gasteiger partial charge in [-0.05, 0) is 23.1 Å². The maximum absolute atomic E-state index is 5.72. The first kappa shape index (κ1) is 11.7. The fourth-order valence-corrected chi connectivity index (χ4v) is 1.45. The molecule has 90 valence electrons. The molecule has 0 amide bonds. The van der Waals surface area contributed by atoms with Crippen molar-refractivity contribution in [3.8, 4) is 16.9 Å². The van der Waals surface area contributed by atoms with E-state index in [1.54, 1.807) is 0 Å².